The second-order valence-electron chi connectivity index (χ2n) is 5.89. The number of ketones is 1. The smallest absolute Gasteiger partial charge is 0.253 e. The van der Waals surface area contributed by atoms with Crippen LogP contribution in [0.5, 0.6) is 0 Å². The Labute approximate surface area is 163 Å². The minimum atomic E-state index is -1.68. The number of Topliss-reactive ketones (excluding diaryl/α,β-unsaturated/α-hetero) is 1. The van der Waals surface area contributed by atoms with Gasteiger partial charge in [0.25, 0.3) is 5.56 Å². The van der Waals surface area contributed by atoms with Crippen LogP contribution in [0, 0.1) is 16.3 Å². The van der Waals surface area contributed by atoms with Gasteiger partial charge in [0.15, 0.2) is 12.1 Å². The number of rotatable bonds is 7. The summed E-state index contributed by atoms with van der Waals surface area (Å²) in [6, 6.07) is 4.77. The van der Waals surface area contributed by atoms with Crippen molar-refractivity contribution in [3.63, 3.8) is 0 Å². The molecule has 2 N–H and O–H groups in total. The molecule has 0 saturated carbocycles. The maximum absolute atomic E-state index is 14.2. The summed E-state index contributed by atoms with van der Waals surface area (Å²) in [7, 11) is 1.53. The van der Waals surface area contributed by atoms with E-state index in [1.807, 2.05) is 22.6 Å². The van der Waals surface area contributed by atoms with Gasteiger partial charge in [-0.05, 0) is 52.8 Å². The zero-order valence-corrected chi connectivity index (χ0v) is 16.5. The normalized spacial score (nSPS) is 11.2. The molecule has 1 aromatic carbocycles. The molecule has 0 radical (unpaired) electrons. The van der Waals surface area contributed by atoms with Gasteiger partial charge in [-0.2, -0.15) is 0 Å². The SMILES string of the molecule is Cc1c(Cc2ccc(I)cc2F)c(C(=O)COCC(O)O)cn(C)c1=O. The first-order chi connectivity index (χ1) is 12.2. The number of aryl methyl sites for hydroxylation is 1. The van der Waals surface area contributed by atoms with Crippen molar-refractivity contribution in [1.29, 1.82) is 0 Å². The molecule has 1 aromatic heterocycles. The van der Waals surface area contributed by atoms with Gasteiger partial charge in [-0.15, -0.1) is 0 Å². The molecule has 0 aliphatic heterocycles. The number of ether oxygens (including phenoxy) is 1. The predicted molar refractivity (Wildman–Crippen MR) is 102 cm³/mol. The molecule has 0 bridgehead atoms. The van der Waals surface area contributed by atoms with Crippen LogP contribution in [0.4, 0.5) is 4.39 Å². The lowest BCUT2D eigenvalue weighted by Crippen LogP contribution is -2.26. The maximum Gasteiger partial charge on any atom is 0.253 e. The molecule has 2 rings (SSSR count). The van der Waals surface area contributed by atoms with Gasteiger partial charge in [0, 0.05) is 34.4 Å². The van der Waals surface area contributed by atoms with Crippen molar-refractivity contribution in [3.05, 3.63) is 66.4 Å². The van der Waals surface area contributed by atoms with Crippen molar-refractivity contribution in [1.82, 2.24) is 4.57 Å². The Kier molecular flexibility index (Phi) is 7.04. The van der Waals surface area contributed by atoms with E-state index in [-0.39, 0.29) is 24.2 Å². The van der Waals surface area contributed by atoms with E-state index in [0.717, 1.165) is 3.57 Å². The van der Waals surface area contributed by atoms with E-state index in [1.165, 1.54) is 23.9 Å². The van der Waals surface area contributed by atoms with E-state index in [9.17, 15) is 14.0 Å². The molecule has 26 heavy (non-hydrogen) atoms. The summed E-state index contributed by atoms with van der Waals surface area (Å²) in [5.41, 5.74) is 1.15. The highest BCUT2D eigenvalue weighted by atomic mass is 127. The van der Waals surface area contributed by atoms with Gasteiger partial charge < -0.3 is 19.5 Å². The molecular formula is C18H19FINO5. The number of aromatic nitrogens is 1. The topological polar surface area (TPSA) is 88.8 Å². The standard InChI is InChI=1S/C18H19FINO5/c1-10-13(5-11-3-4-12(20)6-15(11)19)14(7-21(2)18(10)25)16(22)8-26-9-17(23)24/h3-4,6-7,17,23-24H,5,8-9H2,1-2H3. The number of carbonyl (C=O) groups is 1. The molecule has 2 aromatic rings. The molecule has 8 heteroatoms. The van der Waals surface area contributed by atoms with Gasteiger partial charge >= 0.3 is 0 Å². The molecule has 0 spiro atoms. The molecule has 0 fully saturated rings. The number of hydrogen-bond acceptors (Lipinski definition) is 5. The zero-order valence-electron chi connectivity index (χ0n) is 14.3. The Hall–Kier alpha value is -1.62. The van der Waals surface area contributed by atoms with Crippen molar-refractivity contribution >= 4 is 28.4 Å². The first-order valence-electron chi connectivity index (χ1n) is 7.80. The number of carbonyl (C=O) groups excluding carboxylic acids is 1. The Morgan fingerprint density at radius 2 is 2.08 bits per heavy atom. The molecule has 0 atom stereocenters. The molecule has 0 aliphatic carbocycles. The molecule has 0 amide bonds. The van der Waals surface area contributed by atoms with Crippen molar-refractivity contribution in [3.8, 4) is 0 Å². The highest BCUT2D eigenvalue weighted by Gasteiger charge is 2.19. The molecule has 6 nitrogen and oxygen atoms in total. The fourth-order valence-corrected chi connectivity index (χ4v) is 3.04. The van der Waals surface area contributed by atoms with E-state index in [0.29, 0.717) is 16.7 Å². The van der Waals surface area contributed by atoms with Gasteiger partial charge in [0.05, 0.1) is 6.61 Å². The average Bonchev–Trinajstić information content (AvgIpc) is 2.56. The molecule has 1 heterocycles. The highest BCUT2D eigenvalue weighted by molar-refractivity contribution is 14.1. The number of halogens is 2. The number of aliphatic hydroxyl groups is 2. The summed E-state index contributed by atoms with van der Waals surface area (Å²) in [5.74, 6) is -0.833. The summed E-state index contributed by atoms with van der Waals surface area (Å²) in [6.45, 7) is 0.812. The van der Waals surface area contributed by atoms with Gasteiger partial charge in [-0.25, -0.2) is 4.39 Å². The van der Waals surface area contributed by atoms with Crippen LogP contribution in [0.2, 0.25) is 0 Å². The fraction of sp³-hybridized carbons (Fsp3) is 0.333. The van der Waals surface area contributed by atoms with E-state index < -0.39 is 24.5 Å². The number of hydrogen-bond donors (Lipinski definition) is 2. The van der Waals surface area contributed by atoms with E-state index in [2.05, 4.69) is 0 Å². The maximum atomic E-state index is 14.2. The third kappa shape index (κ3) is 4.97. The number of pyridine rings is 1. The molecule has 140 valence electrons. The summed E-state index contributed by atoms with van der Waals surface area (Å²) in [4.78, 5) is 24.7. The molecule has 0 aliphatic rings. The molecule has 0 saturated heterocycles. The summed E-state index contributed by atoms with van der Waals surface area (Å²) >= 11 is 2.00. The highest BCUT2D eigenvalue weighted by Crippen LogP contribution is 2.20. The van der Waals surface area contributed by atoms with Crippen LogP contribution in [0.25, 0.3) is 0 Å². The minimum Gasteiger partial charge on any atom is -0.368 e. The van der Waals surface area contributed by atoms with Crippen LogP contribution >= 0.6 is 22.6 Å². The summed E-state index contributed by atoms with van der Waals surface area (Å²) in [6.07, 6.45) is -0.185. The lowest BCUT2D eigenvalue weighted by Gasteiger charge is -2.15. The average molecular weight is 475 g/mol. The van der Waals surface area contributed by atoms with Crippen LogP contribution in [0.3, 0.4) is 0 Å². The van der Waals surface area contributed by atoms with E-state index in [1.54, 1.807) is 19.1 Å². The van der Waals surface area contributed by atoms with E-state index in [4.69, 9.17) is 14.9 Å². The van der Waals surface area contributed by atoms with Crippen LogP contribution in [0.1, 0.15) is 27.0 Å². The third-order valence-electron chi connectivity index (χ3n) is 3.92. The second kappa shape index (κ2) is 8.85. The predicted octanol–water partition coefficient (Wildman–Crippen LogP) is 1.54. The summed E-state index contributed by atoms with van der Waals surface area (Å²) in [5, 5.41) is 17.6. The largest absolute Gasteiger partial charge is 0.368 e. The lowest BCUT2D eigenvalue weighted by molar-refractivity contribution is -0.0908. The Bertz CT molecular complexity index is 879. The van der Waals surface area contributed by atoms with Crippen molar-refractivity contribution in [2.45, 2.75) is 19.6 Å². The Balaban J connectivity index is 2.41. The Morgan fingerprint density at radius 1 is 1.38 bits per heavy atom. The minimum absolute atomic E-state index is 0.0916. The molecular weight excluding hydrogens is 456 g/mol. The van der Waals surface area contributed by atoms with Crippen molar-refractivity contribution < 1.29 is 24.1 Å². The van der Waals surface area contributed by atoms with Crippen LogP contribution in [-0.2, 0) is 18.2 Å². The lowest BCUT2D eigenvalue weighted by atomic mass is 9.95. The van der Waals surface area contributed by atoms with Gasteiger partial charge in [-0.3, -0.25) is 9.59 Å². The number of nitrogens with zero attached hydrogens (tertiary/aromatic N) is 1. The number of aliphatic hydroxyl groups excluding tert-OH is 1. The van der Waals surface area contributed by atoms with Crippen LogP contribution < -0.4 is 5.56 Å². The van der Waals surface area contributed by atoms with Crippen molar-refractivity contribution in [2.75, 3.05) is 13.2 Å². The van der Waals surface area contributed by atoms with Crippen LogP contribution in [-0.4, -0.2) is 40.1 Å². The van der Waals surface area contributed by atoms with Crippen LogP contribution in [0.15, 0.2) is 29.2 Å². The second-order valence-corrected chi connectivity index (χ2v) is 7.14. The van der Waals surface area contributed by atoms with E-state index >= 15 is 0 Å². The monoisotopic (exact) mass is 475 g/mol. The third-order valence-corrected chi connectivity index (χ3v) is 4.60. The van der Waals surface area contributed by atoms with Gasteiger partial charge in [0.2, 0.25) is 0 Å². The molecule has 0 unspecified atom stereocenters. The first-order valence-corrected chi connectivity index (χ1v) is 8.88. The fourth-order valence-electron chi connectivity index (χ4n) is 2.58. The van der Waals surface area contributed by atoms with Gasteiger partial charge in [-0.1, -0.05) is 6.07 Å². The number of benzene rings is 1. The summed E-state index contributed by atoms with van der Waals surface area (Å²) < 4.78 is 21.2. The zero-order chi connectivity index (χ0) is 19.4. The van der Waals surface area contributed by atoms with Crippen molar-refractivity contribution in [2.24, 2.45) is 7.05 Å². The Morgan fingerprint density at radius 3 is 2.69 bits per heavy atom. The quantitative estimate of drug-likeness (QED) is 0.361. The van der Waals surface area contributed by atoms with Gasteiger partial charge in [0.1, 0.15) is 12.4 Å². The first kappa shape index (κ1) is 20.7.